The topological polar surface area (TPSA) is 9.23 Å². The largest absolute Gasteiger partial charge is 0.491 e. The van der Waals surface area contributed by atoms with Gasteiger partial charge in [0.2, 0.25) is 0 Å². The summed E-state index contributed by atoms with van der Waals surface area (Å²) >= 11 is 10.5. The van der Waals surface area contributed by atoms with Crippen LogP contribution < -0.4 is 4.74 Å². The molecule has 0 heterocycles. The van der Waals surface area contributed by atoms with Crippen LogP contribution in [-0.4, -0.2) is 11.9 Å². The van der Waals surface area contributed by atoms with Gasteiger partial charge in [0.15, 0.2) is 0 Å². The summed E-state index contributed by atoms with van der Waals surface area (Å²) in [7, 11) is 0. The quantitative estimate of drug-likeness (QED) is 0.597. The van der Waals surface area contributed by atoms with Crippen molar-refractivity contribution in [3.63, 3.8) is 0 Å². The Morgan fingerprint density at radius 1 is 1.19 bits per heavy atom. The van der Waals surface area contributed by atoms with Crippen LogP contribution in [0.1, 0.15) is 13.8 Å². The van der Waals surface area contributed by atoms with Gasteiger partial charge in [-0.15, -0.1) is 0 Å². The molecule has 0 aromatic heterocycles. The summed E-state index contributed by atoms with van der Waals surface area (Å²) in [5.74, 6) is 2.02. The molecule has 1 rings (SSSR count). The van der Waals surface area contributed by atoms with Crippen molar-refractivity contribution >= 4 is 47.8 Å². The van der Waals surface area contributed by atoms with E-state index in [0.29, 0.717) is 11.8 Å². The third kappa shape index (κ3) is 4.04. The first kappa shape index (κ1) is 14.5. The van der Waals surface area contributed by atoms with E-state index in [1.54, 1.807) is 0 Å². The van der Waals surface area contributed by atoms with Crippen LogP contribution in [0.3, 0.4) is 0 Å². The Morgan fingerprint density at radius 2 is 1.75 bits per heavy atom. The minimum Gasteiger partial charge on any atom is -0.491 e. The Labute approximate surface area is 122 Å². The minimum absolute atomic E-state index is 0.527. The number of ether oxygens (including phenoxy) is 1. The number of alkyl halides is 1. The van der Waals surface area contributed by atoms with Gasteiger partial charge in [0.1, 0.15) is 5.75 Å². The van der Waals surface area contributed by atoms with E-state index in [4.69, 9.17) is 4.74 Å². The third-order valence-corrected chi connectivity index (χ3v) is 4.58. The van der Waals surface area contributed by atoms with E-state index in [2.05, 4.69) is 61.6 Å². The standard InChI is InChI=1S/C12H15Br3O/c1-8(2)9(6-13)7-16-12-10(14)4-3-5-11(12)15/h3-5,8-9H,6-7H2,1-2H3. The molecule has 0 bridgehead atoms. The lowest BCUT2D eigenvalue weighted by Crippen LogP contribution is -2.19. The number of rotatable bonds is 5. The summed E-state index contributed by atoms with van der Waals surface area (Å²) in [5.41, 5.74) is 0. The van der Waals surface area contributed by atoms with Gasteiger partial charge in [-0.3, -0.25) is 0 Å². The van der Waals surface area contributed by atoms with Gasteiger partial charge in [-0.05, 0) is 49.9 Å². The van der Waals surface area contributed by atoms with Crippen molar-refractivity contribution < 1.29 is 4.74 Å². The van der Waals surface area contributed by atoms with E-state index in [9.17, 15) is 0 Å². The summed E-state index contributed by atoms with van der Waals surface area (Å²) in [4.78, 5) is 0. The third-order valence-electron chi connectivity index (χ3n) is 2.50. The highest BCUT2D eigenvalue weighted by Gasteiger charge is 2.14. The molecule has 0 fully saturated rings. The molecule has 4 heteroatoms. The Hall–Kier alpha value is 0.460. The first-order chi connectivity index (χ1) is 7.56. The van der Waals surface area contributed by atoms with Gasteiger partial charge in [-0.25, -0.2) is 0 Å². The lowest BCUT2D eigenvalue weighted by Gasteiger charge is -2.19. The van der Waals surface area contributed by atoms with Gasteiger partial charge in [0.05, 0.1) is 15.6 Å². The smallest absolute Gasteiger partial charge is 0.147 e. The molecule has 0 saturated carbocycles. The predicted molar refractivity (Wildman–Crippen MR) is 79.5 cm³/mol. The summed E-state index contributed by atoms with van der Waals surface area (Å²) < 4.78 is 7.83. The molecule has 0 N–H and O–H groups in total. The molecule has 1 aromatic rings. The van der Waals surface area contributed by atoms with Gasteiger partial charge >= 0.3 is 0 Å². The first-order valence-electron chi connectivity index (χ1n) is 5.19. The fourth-order valence-electron chi connectivity index (χ4n) is 1.23. The summed E-state index contributed by atoms with van der Waals surface area (Å²) in [6.07, 6.45) is 0. The van der Waals surface area contributed by atoms with E-state index in [0.717, 1.165) is 26.6 Å². The van der Waals surface area contributed by atoms with Crippen LogP contribution in [0, 0.1) is 11.8 Å². The Kier molecular flexibility index (Phi) is 6.37. The van der Waals surface area contributed by atoms with E-state index in [-0.39, 0.29) is 0 Å². The maximum Gasteiger partial charge on any atom is 0.147 e. The lowest BCUT2D eigenvalue weighted by atomic mass is 9.99. The van der Waals surface area contributed by atoms with Crippen molar-refractivity contribution in [3.05, 3.63) is 27.1 Å². The molecule has 0 amide bonds. The van der Waals surface area contributed by atoms with E-state index < -0.39 is 0 Å². The van der Waals surface area contributed by atoms with E-state index in [1.165, 1.54) is 0 Å². The summed E-state index contributed by atoms with van der Waals surface area (Å²) in [6, 6.07) is 5.95. The average molecular weight is 415 g/mol. The summed E-state index contributed by atoms with van der Waals surface area (Å²) in [5, 5.41) is 0.965. The molecule has 1 atom stereocenters. The zero-order chi connectivity index (χ0) is 12.1. The zero-order valence-electron chi connectivity index (χ0n) is 9.34. The molecule has 16 heavy (non-hydrogen) atoms. The highest BCUT2D eigenvalue weighted by molar-refractivity contribution is 9.11. The van der Waals surface area contributed by atoms with Crippen LogP contribution in [0.2, 0.25) is 0 Å². The zero-order valence-corrected chi connectivity index (χ0v) is 14.1. The van der Waals surface area contributed by atoms with Crippen LogP contribution in [0.25, 0.3) is 0 Å². The van der Waals surface area contributed by atoms with Crippen molar-refractivity contribution in [1.82, 2.24) is 0 Å². The Balaban J connectivity index is 2.67. The second-order valence-electron chi connectivity index (χ2n) is 4.02. The van der Waals surface area contributed by atoms with E-state index >= 15 is 0 Å². The first-order valence-corrected chi connectivity index (χ1v) is 7.89. The molecule has 1 unspecified atom stereocenters. The van der Waals surface area contributed by atoms with Crippen LogP contribution in [0.5, 0.6) is 5.75 Å². The molecule has 0 radical (unpaired) electrons. The van der Waals surface area contributed by atoms with Crippen molar-refractivity contribution in [3.8, 4) is 5.75 Å². The molecule has 0 aliphatic heterocycles. The minimum atomic E-state index is 0.527. The maximum absolute atomic E-state index is 5.86. The molecular formula is C12H15Br3O. The van der Waals surface area contributed by atoms with Gasteiger partial charge in [0.25, 0.3) is 0 Å². The molecule has 0 spiro atoms. The van der Waals surface area contributed by atoms with Gasteiger partial charge < -0.3 is 4.74 Å². The molecular weight excluding hydrogens is 400 g/mol. The normalized spacial score (nSPS) is 12.9. The van der Waals surface area contributed by atoms with Crippen LogP contribution in [0.4, 0.5) is 0 Å². The number of halogens is 3. The number of hydrogen-bond donors (Lipinski definition) is 0. The fraction of sp³-hybridized carbons (Fsp3) is 0.500. The monoisotopic (exact) mass is 412 g/mol. The number of para-hydroxylation sites is 1. The van der Waals surface area contributed by atoms with E-state index in [1.807, 2.05) is 18.2 Å². The lowest BCUT2D eigenvalue weighted by molar-refractivity contribution is 0.225. The second kappa shape index (κ2) is 7.02. The van der Waals surface area contributed by atoms with Crippen LogP contribution >= 0.6 is 47.8 Å². The molecule has 90 valence electrons. The van der Waals surface area contributed by atoms with Crippen molar-refractivity contribution in [2.24, 2.45) is 11.8 Å². The SMILES string of the molecule is CC(C)C(CBr)COc1c(Br)cccc1Br. The van der Waals surface area contributed by atoms with Gasteiger partial charge in [0, 0.05) is 11.2 Å². The molecule has 1 aromatic carbocycles. The maximum atomic E-state index is 5.86. The molecule has 1 nitrogen and oxygen atoms in total. The van der Waals surface area contributed by atoms with Gasteiger partial charge in [-0.2, -0.15) is 0 Å². The molecule has 0 aliphatic carbocycles. The number of benzene rings is 1. The average Bonchev–Trinajstić information content (AvgIpc) is 2.22. The van der Waals surface area contributed by atoms with Gasteiger partial charge in [-0.1, -0.05) is 35.8 Å². The summed E-state index contributed by atoms with van der Waals surface area (Å²) in [6.45, 7) is 5.15. The molecule has 0 saturated heterocycles. The second-order valence-corrected chi connectivity index (χ2v) is 6.38. The Morgan fingerprint density at radius 3 is 2.19 bits per heavy atom. The highest BCUT2D eigenvalue weighted by Crippen LogP contribution is 2.33. The fourth-order valence-corrected chi connectivity index (χ4v) is 3.39. The predicted octanol–water partition coefficient (Wildman–Crippen LogP) is 5.26. The van der Waals surface area contributed by atoms with Crippen LogP contribution in [-0.2, 0) is 0 Å². The van der Waals surface area contributed by atoms with Crippen molar-refractivity contribution in [2.45, 2.75) is 13.8 Å². The van der Waals surface area contributed by atoms with Crippen LogP contribution in [0.15, 0.2) is 27.1 Å². The molecule has 0 aliphatic rings. The number of hydrogen-bond acceptors (Lipinski definition) is 1. The van der Waals surface area contributed by atoms with Crippen molar-refractivity contribution in [2.75, 3.05) is 11.9 Å². The highest BCUT2D eigenvalue weighted by atomic mass is 79.9. The van der Waals surface area contributed by atoms with Crippen molar-refractivity contribution in [1.29, 1.82) is 0 Å². The Bertz CT molecular complexity index is 319.